The minimum Gasteiger partial charge on any atom is -0.488 e. The van der Waals surface area contributed by atoms with E-state index in [1.165, 1.54) is 0 Å². The SMILES string of the molecule is Cc1nc2ccccc2n1C/C=C1\c2ccccc2COc2ccc(C(=O)O)cc21. The number of benzene rings is 3. The molecule has 0 saturated heterocycles. The van der Waals surface area contributed by atoms with Crippen molar-refractivity contribution in [2.45, 2.75) is 20.1 Å². The molecule has 148 valence electrons. The van der Waals surface area contributed by atoms with Gasteiger partial charge in [0, 0.05) is 12.1 Å². The quantitative estimate of drug-likeness (QED) is 0.525. The third-order valence-corrected chi connectivity index (χ3v) is 5.53. The van der Waals surface area contributed by atoms with Gasteiger partial charge in [-0.15, -0.1) is 0 Å². The average molecular weight is 396 g/mol. The minimum atomic E-state index is -0.953. The smallest absolute Gasteiger partial charge is 0.335 e. The lowest BCUT2D eigenvalue weighted by atomic mass is 9.93. The predicted molar refractivity (Wildman–Crippen MR) is 116 cm³/mol. The molecule has 0 unspecified atom stereocenters. The van der Waals surface area contributed by atoms with Crippen LogP contribution in [0.3, 0.4) is 0 Å². The fourth-order valence-electron chi connectivity index (χ4n) is 4.04. The summed E-state index contributed by atoms with van der Waals surface area (Å²) in [6.45, 7) is 3.06. The summed E-state index contributed by atoms with van der Waals surface area (Å²) in [6.07, 6.45) is 2.14. The molecular weight excluding hydrogens is 376 g/mol. The van der Waals surface area contributed by atoms with Crippen LogP contribution < -0.4 is 4.74 Å². The maximum absolute atomic E-state index is 11.6. The van der Waals surface area contributed by atoms with Crippen molar-refractivity contribution in [3.05, 3.63) is 101 Å². The standard InChI is InChI=1S/C25H20N2O3/c1-16-26-22-8-4-5-9-23(22)27(16)13-12-20-19-7-3-2-6-18(19)15-30-24-11-10-17(25(28)29)14-21(20)24/h2-12,14H,13,15H2,1H3,(H,28,29)/b20-12+. The molecule has 0 atom stereocenters. The summed E-state index contributed by atoms with van der Waals surface area (Å²) in [4.78, 5) is 16.2. The predicted octanol–water partition coefficient (Wildman–Crippen LogP) is 5.07. The number of para-hydroxylation sites is 2. The normalized spacial score (nSPS) is 14.1. The van der Waals surface area contributed by atoms with Gasteiger partial charge in [-0.05, 0) is 54.0 Å². The van der Waals surface area contributed by atoms with E-state index in [2.05, 4.69) is 27.8 Å². The highest BCUT2D eigenvalue weighted by atomic mass is 16.5. The molecule has 0 radical (unpaired) electrons. The van der Waals surface area contributed by atoms with Crippen molar-refractivity contribution in [3.63, 3.8) is 0 Å². The van der Waals surface area contributed by atoms with Gasteiger partial charge in [0.25, 0.3) is 0 Å². The summed E-state index contributed by atoms with van der Waals surface area (Å²) in [7, 11) is 0. The van der Waals surface area contributed by atoms with Gasteiger partial charge >= 0.3 is 5.97 Å². The molecule has 5 rings (SSSR count). The lowest BCUT2D eigenvalue weighted by Gasteiger charge is -2.12. The molecule has 5 heteroatoms. The summed E-state index contributed by atoms with van der Waals surface area (Å²) in [5.74, 6) is 0.673. The van der Waals surface area contributed by atoms with Crippen molar-refractivity contribution in [1.29, 1.82) is 0 Å². The number of aromatic carboxylic acids is 1. The molecule has 1 N–H and O–H groups in total. The van der Waals surface area contributed by atoms with Gasteiger partial charge in [0.15, 0.2) is 0 Å². The second kappa shape index (κ2) is 7.19. The van der Waals surface area contributed by atoms with Crippen molar-refractivity contribution in [3.8, 4) is 5.75 Å². The Labute approximate surface area is 173 Å². The Morgan fingerprint density at radius 1 is 1.10 bits per heavy atom. The molecule has 5 nitrogen and oxygen atoms in total. The van der Waals surface area contributed by atoms with Gasteiger partial charge in [0.2, 0.25) is 0 Å². The van der Waals surface area contributed by atoms with E-state index in [9.17, 15) is 9.90 Å². The Hall–Kier alpha value is -3.86. The van der Waals surface area contributed by atoms with Crippen molar-refractivity contribution in [1.82, 2.24) is 9.55 Å². The number of aryl methyl sites for hydroxylation is 1. The Kier molecular flexibility index (Phi) is 4.36. The highest BCUT2D eigenvalue weighted by Crippen LogP contribution is 2.37. The van der Waals surface area contributed by atoms with Gasteiger partial charge in [0.05, 0.1) is 16.6 Å². The summed E-state index contributed by atoms with van der Waals surface area (Å²) in [6, 6.07) is 21.2. The number of fused-ring (bicyclic) bond motifs is 3. The molecule has 1 aromatic heterocycles. The molecule has 3 aromatic carbocycles. The van der Waals surface area contributed by atoms with Gasteiger partial charge in [0.1, 0.15) is 18.2 Å². The largest absolute Gasteiger partial charge is 0.488 e. The number of rotatable bonds is 3. The number of carboxylic acid groups (broad SMARTS) is 1. The first kappa shape index (κ1) is 18.2. The number of imidazole rings is 1. The number of carbonyl (C=O) groups is 1. The first-order valence-electron chi connectivity index (χ1n) is 9.82. The molecule has 0 aliphatic carbocycles. The van der Waals surface area contributed by atoms with Gasteiger partial charge in [-0.1, -0.05) is 42.5 Å². The average Bonchev–Trinajstić information content (AvgIpc) is 2.99. The molecule has 4 aromatic rings. The zero-order valence-corrected chi connectivity index (χ0v) is 16.5. The van der Waals surface area contributed by atoms with Gasteiger partial charge < -0.3 is 14.4 Å². The van der Waals surface area contributed by atoms with Gasteiger partial charge in [-0.2, -0.15) is 0 Å². The van der Waals surface area contributed by atoms with Crippen LogP contribution in [-0.2, 0) is 13.2 Å². The van der Waals surface area contributed by atoms with Crippen molar-refractivity contribution >= 4 is 22.6 Å². The molecule has 0 saturated carbocycles. The third kappa shape index (κ3) is 3.05. The van der Waals surface area contributed by atoms with Crippen LogP contribution in [0.25, 0.3) is 16.6 Å². The monoisotopic (exact) mass is 396 g/mol. The molecule has 0 spiro atoms. The minimum absolute atomic E-state index is 0.242. The maximum atomic E-state index is 11.6. The van der Waals surface area contributed by atoms with Crippen LogP contribution in [0.4, 0.5) is 0 Å². The first-order chi connectivity index (χ1) is 14.6. The number of hydrogen-bond acceptors (Lipinski definition) is 3. The van der Waals surface area contributed by atoms with Crippen LogP contribution >= 0.6 is 0 Å². The van der Waals surface area contributed by atoms with Gasteiger partial charge in [-0.3, -0.25) is 0 Å². The molecule has 1 aliphatic rings. The summed E-state index contributed by atoms with van der Waals surface area (Å²) in [5, 5.41) is 9.50. The Morgan fingerprint density at radius 2 is 1.90 bits per heavy atom. The summed E-state index contributed by atoms with van der Waals surface area (Å²) in [5.41, 5.74) is 6.17. The molecule has 0 amide bonds. The number of nitrogens with zero attached hydrogens (tertiary/aromatic N) is 2. The fraction of sp³-hybridized carbons (Fsp3) is 0.120. The molecule has 0 fully saturated rings. The number of aromatic nitrogens is 2. The third-order valence-electron chi connectivity index (χ3n) is 5.53. The second-order valence-corrected chi connectivity index (χ2v) is 7.34. The molecule has 30 heavy (non-hydrogen) atoms. The zero-order chi connectivity index (χ0) is 20.7. The number of carboxylic acids is 1. The number of hydrogen-bond donors (Lipinski definition) is 1. The van der Waals surface area contributed by atoms with Crippen LogP contribution in [0.5, 0.6) is 5.75 Å². The van der Waals surface area contributed by atoms with E-state index in [0.29, 0.717) is 18.9 Å². The topological polar surface area (TPSA) is 64.4 Å². The molecule has 2 heterocycles. The van der Waals surface area contributed by atoms with E-state index < -0.39 is 5.97 Å². The number of ether oxygens (including phenoxy) is 1. The van der Waals surface area contributed by atoms with E-state index in [-0.39, 0.29) is 5.56 Å². The maximum Gasteiger partial charge on any atom is 0.335 e. The van der Waals surface area contributed by atoms with Crippen LogP contribution in [0.15, 0.2) is 72.8 Å². The van der Waals surface area contributed by atoms with E-state index in [1.807, 2.05) is 43.3 Å². The van der Waals surface area contributed by atoms with Crippen molar-refractivity contribution in [2.75, 3.05) is 0 Å². The highest BCUT2D eigenvalue weighted by Gasteiger charge is 2.20. The van der Waals surface area contributed by atoms with Gasteiger partial charge in [-0.25, -0.2) is 9.78 Å². The number of allylic oxidation sites excluding steroid dienone is 1. The Morgan fingerprint density at radius 3 is 2.77 bits per heavy atom. The fourth-order valence-corrected chi connectivity index (χ4v) is 4.04. The second-order valence-electron chi connectivity index (χ2n) is 7.34. The highest BCUT2D eigenvalue weighted by molar-refractivity contribution is 5.92. The van der Waals surface area contributed by atoms with E-state index >= 15 is 0 Å². The lowest BCUT2D eigenvalue weighted by Crippen LogP contribution is -2.01. The first-order valence-corrected chi connectivity index (χ1v) is 9.82. The molecular formula is C25H20N2O3. The van der Waals surface area contributed by atoms with Crippen molar-refractivity contribution < 1.29 is 14.6 Å². The van der Waals surface area contributed by atoms with Crippen LogP contribution in [0, 0.1) is 6.92 Å². The van der Waals surface area contributed by atoms with Crippen LogP contribution in [0.1, 0.15) is 32.9 Å². The van der Waals surface area contributed by atoms with E-state index in [1.54, 1.807) is 18.2 Å². The van der Waals surface area contributed by atoms with E-state index in [0.717, 1.165) is 39.1 Å². The van der Waals surface area contributed by atoms with Crippen LogP contribution in [0.2, 0.25) is 0 Å². The van der Waals surface area contributed by atoms with Crippen molar-refractivity contribution in [2.24, 2.45) is 0 Å². The Balaban J connectivity index is 1.68. The molecule has 0 bridgehead atoms. The summed E-state index contributed by atoms with van der Waals surface area (Å²) >= 11 is 0. The summed E-state index contributed by atoms with van der Waals surface area (Å²) < 4.78 is 8.18. The lowest BCUT2D eigenvalue weighted by molar-refractivity contribution is 0.0697. The Bertz CT molecular complexity index is 1320. The molecule has 1 aliphatic heterocycles. The van der Waals surface area contributed by atoms with Crippen LogP contribution in [-0.4, -0.2) is 20.6 Å². The van der Waals surface area contributed by atoms with E-state index in [4.69, 9.17) is 4.74 Å². The zero-order valence-electron chi connectivity index (χ0n) is 16.5.